The van der Waals surface area contributed by atoms with Crippen LogP contribution in [-0.2, 0) is 10.2 Å². The van der Waals surface area contributed by atoms with Crippen LogP contribution in [0.3, 0.4) is 0 Å². The van der Waals surface area contributed by atoms with Crippen LogP contribution in [0.5, 0.6) is 5.88 Å². The standard InChI is InChI=1S/C11H19N3O2/c1-11(2,3)10-13-8(12)7-9(14-10)16-6-5-15-4/h7H,5-6H2,1-4H3,(H2,12,13,14). The van der Waals surface area contributed by atoms with E-state index in [4.69, 9.17) is 15.2 Å². The van der Waals surface area contributed by atoms with E-state index < -0.39 is 0 Å². The van der Waals surface area contributed by atoms with Gasteiger partial charge in [-0.15, -0.1) is 0 Å². The number of rotatable bonds is 4. The van der Waals surface area contributed by atoms with Crippen LogP contribution >= 0.6 is 0 Å². The van der Waals surface area contributed by atoms with Gasteiger partial charge in [-0.25, -0.2) is 4.98 Å². The van der Waals surface area contributed by atoms with Crippen LogP contribution in [0, 0.1) is 0 Å². The Morgan fingerprint density at radius 3 is 2.50 bits per heavy atom. The fourth-order valence-corrected chi connectivity index (χ4v) is 1.08. The molecule has 0 aromatic carbocycles. The molecule has 0 bridgehead atoms. The molecule has 2 N–H and O–H groups in total. The first-order valence-electron chi connectivity index (χ1n) is 5.20. The van der Waals surface area contributed by atoms with Gasteiger partial charge in [0, 0.05) is 18.6 Å². The van der Waals surface area contributed by atoms with Gasteiger partial charge in [-0.05, 0) is 0 Å². The Balaban J connectivity index is 2.82. The Morgan fingerprint density at radius 2 is 1.94 bits per heavy atom. The monoisotopic (exact) mass is 225 g/mol. The topological polar surface area (TPSA) is 70.3 Å². The zero-order valence-electron chi connectivity index (χ0n) is 10.3. The van der Waals surface area contributed by atoms with E-state index >= 15 is 0 Å². The predicted molar refractivity (Wildman–Crippen MR) is 62.5 cm³/mol. The molecule has 1 aromatic rings. The molecule has 0 unspecified atom stereocenters. The number of ether oxygens (including phenoxy) is 2. The zero-order valence-corrected chi connectivity index (χ0v) is 10.3. The second kappa shape index (κ2) is 5.12. The maximum atomic E-state index is 5.70. The molecular weight excluding hydrogens is 206 g/mol. The second-order valence-electron chi connectivity index (χ2n) is 4.55. The minimum Gasteiger partial charge on any atom is -0.475 e. The first kappa shape index (κ1) is 12.7. The number of aromatic nitrogens is 2. The summed E-state index contributed by atoms with van der Waals surface area (Å²) in [5, 5.41) is 0. The van der Waals surface area contributed by atoms with Crippen molar-refractivity contribution in [3.05, 3.63) is 11.9 Å². The highest BCUT2D eigenvalue weighted by atomic mass is 16.5. The molecule has 1 rings (SSSR count). The van der Waals surface area contributed by atoms with Gasteiger partial charge in [-0.2, -0.15) is 4.98 Å². The van der Waals surface area contributed by atoms with Crippen molar-refractivity contribution in [3.63, 3.8) is 0 Å². The third-order valence-corrected chi connectivity index (χ3v) is 1.93. The van der Waals surface area contributed by atoms with Crippen molar-refractivity contribution in [1.82, 2.24) is 9.97 Å². The lowest BCUT2D eigenvalue weighted by Gasteiger charge is -2.17. The summed E-state index contributed by atoms with van der Waals surface area (Å²) in [6.45, 7) is 7.06. The lowest BCUT2D eigenvalue weighted by Crippen LogP contribution is -2.18. The van der Waals surface area contributed by atoms with Crippen LogP contribution in [0.25, 0.3) is 0 Å². The van der Waals surface area contributed by atoms with Gasteiger partial charge in [-0.1, -0.05) is 20.8 Å². The Hall–Kier alpha value is -1.36. The van der Waals surface area contributed by atoms with E-state index in [1.807, 2.05) is 20.8 Å². The number of anilines is 1. The average molecular weight is 225 g/mol. The van der Waals surface area contributed by atoms with E-state index in [9.17, 15) is 0 Å². The molecule has 16 heavy (non-hydrogen) atoms. The van der Waals surface area contributed by atoms with Gasteiger partial charge in [0.05, 0.1) is 6.61 Å². The molecule has 0 spiro atoms. The summed E-state index contributed by atoms with van der Waals surface area (Å²) in [6.07, 6.45) is 0. The SMILES string of the molecule is COCCOc1cc(N)nc(C(C)(C)C)n1. The lowest BCUT2D eigenvalue weighted by atomic mass is 9.96. The minimum atomic E-state index is -0.144. The van der Waals surface area contributed by atoms with Gasteiger partial charge >= 0.3 is 0 Å². The number of hydrogen-bond donors (Lipinski definition) is 1. The fourth-order valence-electron chi connectivity index (χ4n) is 1.08. The van der Waals surface area contributed by atoms with E-state index in [1.54, 1.807) is 13.2 Å². The van der Waals surface area contributed by atoms with Gasteiger partial charge in [0.15, 0.2) is 0 Å². The summed E-state index contributed by atoms with van der Waals surface area (Å²) >= 11 is 0. The molecule has 0 amide bonds. The van der Waals surface area contributed by atoms with Gasteiger partial charge in [0.1, 0.15) is 18.2 Å². The largest absolute Gasteiger partial charge is 0.475 e. The summed E-state index contributed by atoms with van der Waals surface area (Å²) in [5.74, 6) is 1.60. The molecular formula is C11H19N3O2. The summed E-state index contributed by atoms with van der Waals surface area (Å²) in [4.78, 5) is 8.50. The van der Waals surface area contributed by atoms with Gasteiger partial charge in [-0.3, -0.25) is 0 Å². The lowest BCUT2D eigenvalue weighted by molar-refractivity contribution is 0.143. The van der Waals surface area contributed by atoms with Gasteiger partial charge in [0.25, 0.3) is 0 Å². The predicted octanol–water partition coefficient (Wildman–Crippen LogP) is 1.38. The van der Waals surface area contributed by atoms with E-state index in [-0.39, 0.29) is 5.41 Å². The van der Waals surface area contributed by atoms with Crippen LogP contribution in [0.15, 0.2) is 6.07 Å². The molecule has 0 aliphatic heterocycles. The number of nitrogen functional groups attached to an aromatic ring is 1. The highest BCUT2D eigenvalue weighted by Gasteiger charge is 2.18. The highest BCUT2D eigenvalue weighted by Crippen LogP contribution is 2.21. The van der Waals surface area contributed by atoms with Crippen LogP contribution in [0.2, 0.25) is 0 Å². The average Bonchev–Trinajstić information content (AvgIpc) is 2.16. The van der Waals surface area contributed by atoms with E-state index in [0.717, 1.165) is 0 Å². The summed E-state index contributed by atoms with van der Waals surface area (Å²) in [5.41, 5.74) is 5.55. The van der Waals surface area contributed by atoms with Gasteiger partial charge in [0.2, 0.25) is 5.88 Å². The molecule has 0 saturated carbocycles. The third kappa shape index (κ3) is 3.66. The Kier molecular flexibility index (Phi) is 4.06. The van der Waals surface area contributed by atoms with Crippen LogP contribution in [0.1, 0.15) is 26.6 Å². The van der Waals surface area contributed by atoms with Crippen molar-refractivity contribution >= 4 is 5.82 Å². The van der Waals surface area contributed by atoms with Crippen molar-refractivity contribution in [2.75, 3.05) is 26.1 Å². The molecule has 5 nitrogen and oxygen atoms in total. The summed E-state index contributed by atoms with van der Waals surface area (Å²) in [7, 11) is 1.62. The van der Waals surface area contributed by atoms with Crippen molar-refractivity contribution < 1.29 is 9.47 Å². The molecule has 0 saturated heterocycles. The van der Waals surface area contributed by atoms with Crippen LogP contribution < -0.4 is 10.5 Å². The Morgan fingerprint density at radius 1 is 1.25 bits per heavy atom. The molecule has 0 atom stereocenters. The van der Waals surface area contributed by atoms with Gasteiger partial charge < -0.3 is 15.2 Å². The van der Waals surface area contributed by atoms with Crippen molar-refractivity contribution in [2.45, 2.75) is 26.2 Å². The smallest absolute Gasteiger partial charge is 0.218 e. The summed E-state index contributed by atoms with van der Waals surface area (Å²) in [6, 6.07) is 1.62. The number of nitrogens with two attached hydrogens (primary N) is 1. The first-order valence-corrected chi connectivity index (χ1v) is 5.20. The highest BCUT2D eigenvalue weighted by molar-refractivity contribution is 5.34. The fraction of sp³-hybridized carbons (Fsp3) is 0.636. The summed E-state index contributed by atoms with van der Waals surface area (Å²) < 4.78 is 10.3. The maximum Gasteiger partial charge on any atom is 0.218 e. The Bertz CT molecular complexity index is 348. The van der Waals surface area contributed by atoms with E-state index in [1.165, 1.54) is 0 Å². The molecule has 0 fully saturated rings. The minimum absolute atomic E-state index is 0.144. The normalized spacial score (nSPS) is 11.5. The number of hydrogen-bond acceptors (Lipinski definition) is 5. The second-order valence-corrected chi connectivity index (χ2v) is 4.55. The van der Waals surface area contributed by atoms with E-state index in [0.29, 0.717) is 30.7 Å². The van der Waals surface area contributed by atoms with Crippen LogP contribution in [0.4, 0.5) is 5.82 Å². The molecule has 0 aliphatic carbocycles. The van der Waals surface area contributed by atoms with Crippen LogP contribution in [-0.4, -0.2) is 30.3 Å². The number of methoxy groups -OCH3 is 1. The third-order valence-electron chi connectivity index (χ3n) is 1.93. The van der Waals surface area contributed by atoms with E-state index in [2.05, 4.69) is 9.97 Å². The van der Waals surface area contributed by atoms with Crippen molar-refractivity contribution in [2.24, 2.45) is 0 Å². The molecule has 1 heterocycles. The zero-order chi connectivity index (χ0) is 12.2. The van der Waals surface area contributed by atoms with Crippen molar-refractivity contribution in [1.29, 1.82) is 0 Å². The Labute approximate surface area is 96.0 Å². The molecule has 5 heteroatoms. The molecule has 90 valence electrons. The quantitative estimate of drug-likeness (QED) is 0.784. The molecule has 1 aromatic heterocycles. The first-order chi connectivity index (χ1) is 7.43. The molecule has 0 radical (unpaired) electrons. The number of nitrogens with zero attached hydrogens (tertiary/aromatic N) is 2. The maximum absolute atomic E-state index is 5.70. The van der Waals surface area contributed by atoms with Crippen molar-refractivity contribution in [3.8, 4) is 5.88 Å². The molecule has 0 aliphatic rings.